The molecule has 2 heterocycles. The van der Waals surface area contributed by atoms with Gasteiger partial charge in [0.15, 0.2) is 5.70 Å². The second-order valence-electron chi connectivity index (χ2n) is 4.78. The van der Waals surface area contributed by atoms with Crippen LogP contribution >= 0.6 is 15.9 Å². The molecule has 2 aliphatic heterocycles. The molecular formula is C15H14BrNO3. The minimum Gasteiger partial charge on any atom is -0.406 e. The molecule has 0 N–H and O–H groups in total. The summed E-state index contributed by atoms with van der Waals surface area (Å²) >= 11 is 3.45. The first-order chi connectivity index (χ1) is 9.74. The van der Waals surface area contributed by atoms with E-state index in [1.54, 1.807) is 6.08 Å². The molecule has 20 heavy (non-hydrogen) atoms. The zero-order valence-electron chi connectivity index (χ0n) is 10.8. The van der Waals surface area contributed by atoms with Gasteiger partial charge in [-0.25, -0.2) is 9.79 Å². The molecule has 1 saturated heterocycles. The molecule has 2 aliphatic rings. The van der Waals surface area contributed by atoms with Crippen molar-refractivity contribution in [2.45, 2.75) is 12.8 Å². The summed E-state index contributed by atoms with van der Waals surface area (Å²) in [6.45, 7) is 1.40. The summed E-state index contributed by atoms with van der Waals surface area (Å²) in [5, 5.41) is 0. The van der Waals surface area contributed by atoms with Crippen LogP contribution in [0.1, 0.15) is 18.4 Å². The van der Waals surface area contributed by atoms with E-state index < -0.39 is 0 Å². The van der Waals surface area contributed by atoms with Gasteiger partial charge in [-0.3, -0.25) is 0 Å². The monoisotopic (exact) mass is 335 g/mol. The number of nitrogens with zero attached hydrogens (tertiary/aromatic N) is 1. The molecule has 0 aromatic heterocycles. The van der Waals surface area contributed by atoms with Crippen LogP contribution in [0.25, 0.3) is 6.08 Å². The lowest BCUT2D eigenvalue weighted by Crippen LogP contribution is -2.24. The molecule has 3 rings (SSSR count). The predicted molar refractivity (Wildman–Crippen MR) is 79.2 cm³/mol. The lowest BCUT2D eigenvalue weighted by Gasteiger charge is -2.20. The Kier molecular flexibility index (Phi) is 3.98. The zero-order chi connectivity index (χ0) is 13.9. The Morgan fingerprint density at radius 1 is 1.25 bits per heavy atom. The molecule has 0 bridgehead atoms. The Morgan fingerprint density at radius 2 is 2.00 bits per heavy atom. The third-order valence-corrected chi connectivity index (χ3v) is 4.13. The number of cyclic esters (lactones) is 1. The number of aliphatic imine (C=N–C) groups is 1. The highest BCUT2D eigenvalue weighted by molar-refractivity contribution is 9.10. The van der Waals surface area contributed by atoms with E-state index in [0.717, 1.165) is 22.9 Å². The Morgan fingerprint density at radius 3 is 2.75 bits per heavy atom. The highest BCUT2D eigenvalue weighted by Gasteiger charge is 2.30. The van der Waals surface area contributed by atoms with Crippen LogP contribution in [0.15, 0.2) is 39.4 Å². The van der Waals surface area contributed by atoms with Gasteiger partial charge in [0, 0.05) is 23.6 Å². The van der Waals surface area contributed by atoms with Crippen molar-refractivity contribution in [2.75, 3.05) is 13.2 Å². The second-order valence-corrected chi connectivity index (χ2v) is 5.63. The Bertz CT molecular complexity index is 589. The number of halogens is 1. The van der Waals surface area contributed by atoms with Gasteiger partial charge in [0.2, 0.25) is 5.90 Å². The highest BCUT2D eigenvalue weighted by atomic mass is 79.9. The van der Waals surface area contributed by atoms with Gasteiger partial charge in [-0.2, -0.15) is 0 Å². The largest absolute Gasteiger partial charge is 0.406 e. The molecule has 5 heteroatoms. The molecule has 1 aromatic rings. The van der Waals surface area contributed by atoms with E-state index in [1.807, 2.05) is 24.3 Å². The van der Waals surface area contributed by atoms with Gasteiger partial charge in [0.1, 0.15) is 0 Å². The van der Waals surface area contributed by atoms with Crippen molar-refractivity contribution in [1.29, 1.82) is 0 Å². The van der Waals surface area contributed by atoms with Crippen LogP contribution in [0.3, 0.4) is 0 Å². The maximum atomic E-state index is 11.9. The van der Waals surface area contributed by atoms with Gasteiger partial charge in [-0.05, 0) is 30.5 Å². The van der Waals surface area contributed by atoms with Crippen molar-refractivity contribution in [3.05, 3.63) is 40.0 Å². The summed E-state index contributed by atoms with van der Waals surface area (Å²) in [5.41, 5.74) is 1.27. The number of benzene rings is 1. The van der Waals surface area contributed by atoms with Gasteiger partial charge in [-0.15, -0.1) is 0 Å². The smallest absolute Gasteiger partial charge is 0.363 e. The summed E-state index contributed by atoms with van der Waals surface area (Å²) < 4.78 is 11.5. The molecule has 0 amide bonds. The quantitative estimate of drug-likeness (QED) is 0.616. The zero-order valence-corrected chi connectivity index (χ0v) is 12.4. The van der Waals surface area contributed by atoms with E-state index >= 15 is 0 Å². The summed E-state index contributed by atoms with van der Waals surface area (Å²) in [6, 6.07) is 7.69. The molecular weight excluding hydrogens is 322 g/mol. The minimum absolute atomic E-state index is 0.192. The third kappa shape index (κ3) is 2.83. The predicted octanol–water partition coefficient (Wildman–Crippen LogP) is 3.17. The van der Waals surface area contributed by atoms with Crippen LogP contribution in [0, 0.1) is 5.92 Å². The van der Waals surface area contributed by atoms with Crippen molar-refractivity contribution < 1.29 is 14.3 Å². The second kappa shape index (κ2) is 5.89. The summed E-state index contributed by atoms with van der Waals surface area (Å²) in [6.07, 6.45) is 3.46. The molecule has 0 aliphatic carbocycles. The number of esters is 1. The van der Waals surface area contributed by atoms with E-state index in [9.17, 15) is 4.79 Å². The molecule has 0 radical (unpaired) electrons. The fourth-order valence-corrected chi connectivity index (χ4v) is 2.68. The Balaban J connectivity index is 1.85. The first kappa shape index (κ1) is 13.5. The van der Waals surface area contributed by atoms with Crippen LogP contribution in [0.4, 0.5) is 0 Å². The first-order valence-electron chi connectivity index (χ1n) is 6.59. The van der Waals surface area contributed by atoms with Crippen LogP contribution in [-0.4, -0.2) is 25.1 Å². The average Bonchev–Trinajstić information content (AvgIpc) is 2.84. The van der Waals surface area contributed by atoms with Crippen LogP contribution in [-0.2, 0) is 14.3 Å². The Labute approximate surface area is 125 Å². The number of carbonyl (C=O) groups excluding carboxylic acids is 1. The van der Waals surface area contributed by atoms with Crippen LogP contribution in [0.5, 0.6) is 0 Å². The van der Waals surface area contributed by atoms with Gasteiger partial charge in [-0.1, -0.05) is 34.1 Å². The molecule has 0 spiro atoms. The van der Waals surface area contributed by atoms with Gasteiger partial charge < -0.3 is 9.47 Å². The highest BCUT2D eigenvalue weighted by Crippen LogP contribution is 2.26. The van der Waals surface area contributed by atoms with E-state index in [0.29, 0.717) is 24.8 Å². The molecule has 104 valence electrons. The van der Waals surface area contributed by atoms with E-state index in [2.05, 4.69) is 20.9 Å². The lowest BCUT2D eigenvalue weighted by molar-refractivity contribution is -0.130. The normalized spacial score (nSPS) is 21.9. The van der Waals surface area contributed by atoms with Crippen LogP contribution in [0.2, 0.25) is 0 Å². The maximum Gasteiger partial charge on any atom is 0.363 e. The Hall–Kier alpha value is -1.46. The topological polar surface area (TPSA) is 47.9 Å². The number of carbonyl (C=O) groups is 1. The minimum atomic E-state index is -0.373. The molecule has 1 aromatic carbocycles. The number of rotatable bonds is 2. The lowest BCUT2D eigenvalue weighted by atomic mass is 10.0. The SMILES string of the molecule is O=C1OC(C2CCOCC2)=N/C1=C\c1ccccc1Br. The van der Waals surface area contributed by atoms with Gasteiger partial charge in [0.25, 0.3) is 0 Å². The number of hydrogen-bond acceptors (Lipinski definition) is 4. The number of ether oxygens (including phenoxy) is 2. The summed E-state index contributed by atoms with van der Waals surface area (Å²) in [5.74, 6) is 0.358. The first-order valence-corrected chi connectivity index (χ1v) is 7.38. The fourth-order valence-electron chi connectivity index (χ4n) is 2.28. The third-order valence-electron chi connectivity index (χ3n) is 3.41. The molecule has 4 nitrogen and oxygen atoms in total. The van der Waals surface area contributed by atoms with Crippen LogP contribution < -0.4 is 0 Å². The maximum absolute atomic E-state index is 11.9. The molecule has 1 fully saturated rings. The number of hydrogen-bond donors (Lipinski definition) is 0. The van der Waals surface area contributed by atoms with Gasteiger partial charge >= 0.3 is 5.97 Å². The fraction of sp³-hybridized carbons (Fsp3) is 0.333. The molecule has 0 atom stereocenters. The van der Waals surface area contributed by atoms with Gasteiger partial charge in [0.05, 0.1) is 0 Å². The van der Waals surface area contributed by atoms with Crippen molar-refractivity contribution >= 4 is 33.9 Å². The summed E-state index contributed by atoms with van der Waals surface area (Å²) in [7, 11) is 0. The van der Waals surface area contributed by atoms with Crippen molar-refractivity contribution in [3.8, 4) is 0 Å². The van der Waals surface area contributed by atoms with Crippen molar-refractivity contribution in [1.82, 2.24) is 0 Å². The van der Waals surface area contributed by atoms with E-state index in [4.69, 9.17) is 9.47 Å². The van der Waals surface area contributed by atoms with Crippen molar-refractivity contribution in [3.63, 3.8) is 0 Å². The molecule has 0 unspecified atom stereocenters. The molecule has 0 saturated carbocycles. The average molecular weight is 336 g/mol. The summed E-state index contributed by atoms with van der Waals surface area (Å²) in [4.78, 5) is 16.3. The standard InChI is InChI=1S/C15H14BrNO3/c16-12-4-2-1-3-11(12)9-13-15(18)20-14(17-13)10-5-7-19-8-6-10/h1-4,9-10H,5-8H2/b13-9-. The van der Waals surface area contributed by atoms with E-state index in [1.165, 1.54) is 0 Å². The van der Waals surface area contributed by atoms with Crippen molar-refractivity contribution in [2.24, 2.45) is 10.9 Å². The van der Waals surface area contributed by atoms with E-state index in [-0.39, 0.29) is 11.9 Å².